The Balaban J connectivity index is 2.76. The Kier molecular flexibility index (Phi) is 3.64. The van der Waals surface area contributed by atoms with Crippen molar-refractivity contribution < 1.29 is 0 Å². The van der Waals surface area contributed by atoms with E-state index in [9.17, 15) is 0 Å². The number of rotatable bonds is 3. The van der Waals surface area contributed by atoms with Crippen molar-refractivity contribution in [3.8, 4) is 0 Å². The van der Waals surface area contributed by atoms with E-state index < -0.39 is 0 Å². The molecule has 0 spiro atoms. The minimum absolute atomic E-state index is 0.118. The van der Waals surface area contributed by atoms with Gasteiger partial charge < -0.3 is 4.57 Å². The Labute approximate surface area is 112 Å². The number of hydrogen-bond acceptors (Lipinski definition) is 1. The molecule has 0 fully saturated rings. The molecule has 2 nitrogen and oxygen atoms in total. The van der Waals surface area contributed by atoms with Gasteiger partial charge in [-0.2, -0.15) is 0 Å². The molecule has 0 saturated carbocycles. The van der Waals surface area contributed by atoms with Crippen LogP contribution in [0.4, 0.5) is 0 Å². The SMILES string of the molecule is CCC(C)n1c(C(C)Cl)nc2c(Cl)cccc21. The van der Waals surface area contributed by atoms with Crippen LogP contribution in [0.15, 0.2) is 18.2 Å². The lowest BCUT2D eigenvalue weighted by atomic mass is 10.2. The van der Waals surface area contributed by atoms with Gasteiger partial charge in [-0.25, -0.2) is 4.98 Å². The number of aromatic nitrogens is 2. The molecule has 0 aliphatic carbocycles. The van der Waals surface area contributed by atoms with Crippen LogP contribution in [-0.4, -0.2) is 9.55 Å². The van der Waals surface area contributed by atoms with Gasteiger partial charge in [-0.1, -0.05) is 24.6 Å². The zero-order valence-electron chi connectivity index (χ0n) is 10.2. The molecule has 17 heavy (non-hydrogen) atoms. The average Bonchev–Trinajstić information content (AvgIpc) is 2.69. The summed E-state index contributed by atoms with van der Waals surface area (Å²) in [7, 11) is 0. The third-order valence-corrected chi connectivity index (χ3v) is 3.59. The van der Waals surface area contributed by atoms with E-state index in [0.29, 0.717) is 11.1 Å². The number of imidazole rings is 1. The molecular formula is C13H16Cl2N2. The van der Waals surface area contributed by atoms with Crippen LogP contribution in [-0.2, 0) is 0 Å². The summed E-state index contributed by atoms with van der Waals surface area (Å²) in [5.74, 6) is 0.893. The van der Waals surface area contributed by atoms with E-state index in [1.807, 2.05) is 25.1 Å². The van der Waals surface area contributed by atoms with Gasteiger partial charge in [-0.05, 0) is 32.4 Å². The predicted molar refractivity (Wildman–Crippen MR) is 74.0 cm³/mol. The lowest BCUT2D eigenvalue weighted by Gasteiger charge is -2.16. The van der Waals surface area contributed by atoms with Crippen molar-refractivity contribution in [3.05, 3.63) is 29.0 Å². The molecule has 1 aromatic carbocycles. The smallest absolute Gasteiger partial charge is 0.128 e. The first kappa shape index (κ1) is 12.7. The molecule has 2 atom stereocenters. The van der Waals surface area contributed by atoms with Crippen LogP contribution in [0, 0.1) is 0 Å². The average molecular weight is 271 g/mol. The number of halogens is 2. The fourth-order valence-corrected chi connectivity index (χ4v) is 2.39. The number of nitrogens with zero attached hydrogens (tertiary/aromatic N) is 2. The van der Waals surface area contributed by atoms with Gasteiger partial charge in [0.1, 0.15) is 11.3 Å². The molecule has 0 saturated heterocycles. The Bertz CT molecular complexity index is 531. The van der Waals surface area contributed by atoms with Gasteiger partial charge in [0, 0.05) is 6.04 Å². The highest BCUT2D eigenvalue weighted by Crippen LogP contribution is 2.32. The topological polar surface area (TPSA) is 17.8 Å². The van der Waals surface area contributed by atoms with Crippen LogP contribution >= 0.6 is 23.2 Å². The van der Waals surface area contributed by atoms with Crippen molar-refractivity contribution in [2.24, 2.45) is 0 Å². The summed E-state index contributed by atoms with van der Waals surface area (Å²) >= 11 is 12.4. The first-order valence-electron chi connectivity index (χ1n) is 5.86. The van der Waals surface area contributed by atoms with Crippen LogP contribution < -0.4 is 0 Å². The van der Waals surface area contributed by atoms with E-state index in [2.05, 4.69) is 23.4 Å². The quantitative estimate of drug-likeness (QED) is 0.721. The summed E-state index contributed by atoms with van der Waals surface area (Å²) in [5, 5.41) is 0.565. The minimum Gasteiger partial charge on any atom is -0.324 e. The first-order valence-corrected chi connectivity index (χ1v) is 6.68. The molecule has 92 valence electrons. The van der Waals surface area contributed by atoms with Gasteiger partial charge in [-0.3, -0.25) is 0 Å². The molecule has 2 unspecified atom stereocenters. The van der Waals surface area contributed by atoms with E-state index in [1.54, 1.807) is 0 Å². The van der Waals surface area contributed by atoms with Crippen LogP contribution in [0.3, 0.4) is 0 Å². The maximum atomic E-state index is 6.21. The molecule has 1 heterocycles. The normalized spacial score (nSPS) is 15.1. The summed E-state index contributed by atoms with van der Waals surface area (Å²) < 4.78 is 2.19. The standard InChI is InChI=1S/C13H16Cl2N2/c1-4-8(2)17-11-7-5-6-10(15)12(11)16-13(17)9(3)14/h5-9H,4H2,1-3H3. The largest absolute Gasteiger partial charge is 0.324 e. The highest BCUT2D eigenvalue weighted by Gasteiger charge is 2.19. The predicted octanol–water partition coefficient (Wildman–Crippen LogP) is 4.96. The van der Waals surface area contributed by atoms with Crippen LogP contribution in [0.5, 0.6) is 0 Å². The maximum absolute atomic E-state index is 6.21. The number of para-hydroxylation sites is 1. The number of hydrogen-bond donors (Lipinski definition) is 0. The van der Waals surface area contributed by atoms with Crippen molar-refractivity contribution in [3.63, 3.8) is 0 Å². The second kappa shape index (κ2) is 4.87. The second-order valence-corrected chi connectivity index (χ2v) is 5.38. The van der Waals surface area contributed by atoms with Gasteiger partial charge in [0.15, 0.2) is 0 Å². The van der Waals surface area contributed by atoms with Gasteiger partial charge in [0.05, 0.1) is 15.9 Å². The lowest BCUT2D eigenvalue weighted by Crippen LogP contribution is -2.08. The molecule has 0 amide bonds. The third kappa shape index (κ3) is 2.16. The van der Waals surface area contributed by atoms with E-state index in [4.69, 9.17) is 23.2 Å². The van der Waals surface area contributed by atoms with Crippen LogP contribution in [0.2, 0.25) is 5.02 Å². The highest BCUT2D eigenvalue weighted by molar-refractivity contribution is 6.35. The van der Waals surface area contributed by atoms with E-state index in [1.165, 1.54) is 0 Å². The Morgan fingerprint density at radius 2 is 2.06 bits per heavy atom. The Morgan fingerprint density at radius 3 is 2.65 bits per heavy atom. The zero-order valence-corrected chi connectivity index (χ0v) is 11.8. The Hall–Kier alpha value is -0.730. The minimum atomic E-state index is -0.118. The van der Waals surface area contributed by atoms with Gasteiger partial charge in [0.2, 0.25) is 0 Å². The number of alkyl halides is 1. The molecule has 0 radical (unpaired) electrons. The molecule has 0 bridgehead atoms. The van der Waals surface area contributed by atoms with E-state index in [-0.39, 0.29) is 5.38 Å². The highest BCUT2D eigenvalue weighted by atomic mass is 35.5. The fraction of sp³-hybridized carbons (Fsp3) is 0.462. The van der Waals surface area contributed by atoms with Crippen molar-refractivity contribution in [2.75, 3.05) is 0 Å². The van der Waals surface area contributed by atoms with E-state index in [0.717, 1.165) is 23.3 Å². The fourth-order valence-electron chi connectivity index (χ4n) is 2.03. The number of fused-ring (bicyclic) bond motifs is 1. The molecule has 0 aliphatic heterocycles. The molecule has 0 N–H and O–H groups in total. The molecule has 1 aromatic heterocycles. The molecule has 4 heteroatoms. The maximum Gasteiger partial charge on any atom is 0.128 e. The summed E-state index contributed by atoms with van der Waals surface area (Å²) in [6, 6.07) is 6.23. The molecule has 2 aromatic rings. The van der Waals surface area contributed by atoms with Crippen molar-refractivity contribution in [2.45, 2.75) is 38.6 Å². The second-order valence-electron chi connectivity index (χ2n) is 4.32. The van der Waals surface area contributed by atoms with E-state index >= 15 is 0 Å². The summed E-state index contributed by atoms with van der Waals surface area (Å²) in [4.78, 5) is 4.58. The lowest BCUT2D eigenvalue weighted by molar-refractivity contribution is 0.522. The summed E-state index contributed by atoms with van der Waals surface area (Å²) in [6.07, 6.45) is 1.04. The van der Waals surface area contributed by atoms with Crippen molar-refractivity contribution in [1.29, 1.82) is 0 Å². The monoisotopic (exact) mass is 270 g/mol. The summed E-state index contributed by atoms with van der Waals surface area (Å²) in [5.41, 5.74) is 1.91. The van der Waals surface area contributed by atoms with Crippen molar-refractivity contribution >= 4 is 34.2 Å². The van der Waals surface area contributed by atoms with Crippen LogP contribution in [0.1, 0.15) is 44.4 Å². The molecule has 0 aliphatic rings. The summed E-state index contributed by atoms with van der Waals surface area (Å²) in [6.45, 7) is 6.27. The third-order valence-electron chi connectivity index (χ3n) is 3.09. The number of benzene rings is 1. The first-order chi connectivity index (χ1) is 8.06. The van der Waals surface area contributed by atoms with Crippen molar-refractivity contribution in [1.82, 2.24) is 9.55 Å². The Morgan fingerprint density at radius 1 is 1.35 bits per heavy atom. The van der Waals surface area contributed by atoms with Gasteiger partial charge >= 0.3 is 0 Å². The molecule has 2 rings (SSSR count). The zero-order chi connectivity index (χ0) is 12.6. The van der Waals surface area contributed by atoms with Gasteiger partial charge in [0.25, 0.3) is 0 Å². The molecular weight excluding hydrogens is 255 g/mol. The van der Waals surface area contributed by atoms with Crippen LogP contribution in [0.25, 0.3) is 11.0 Å². The van der Waals surface area contributed by atoms with Gasteiger partial charge in [-0.15, -0.1) is 11.6 Å².